The normalized spacial score (nSPS) is 19.8. The highest BCUT2D eigenvalue weighted by Gasteiger charge is 2.49. The van der Waals surface area contributed by atoms with E-state index in [1.165, 1.54) is 0 Å². The Bertz CT molecular complexity index is 860. The fraction of sp³-hybridized carbons (Fsp3) is 0.167. The van der Waals surface area contributed by atoms with Gasteiger partial charge in [0.1, 0.15) is 5.15 Å². The highest BCUT2D eigenvalue weighted by atomic mass is 35.5. The molecule has 1 unspecified atom stereocenters. The maximum absolute atomic E-state index is 12.7. The summed E-state index contributed by atoms with van der Waals surface area (Å²) in [6.07, 6.45) is 0.185. The predicted octanol–water partition coefficient (Wildman–Crippen LogP) is 4.88. The van der Waals surface area contributed by atoms with Gasteiger partial charge in [-0.3, -0.25) is 9.59 Å². The van der Waals surface area contributed by atoms with Gasteiger partial charge < -0.3 is 0 Å². The van der Waals surface area contributed by atoms with Crippen LogP contribution < -0.4 is 0 Å². The van der Waals surface area contributed by atoms with Gasteiger partial charge in [0.15, 0.2) is 11.6 Å². The molecular formula is C18H13Cl2NO2. The number of ketones is 2. The van der Waals surface area contributed by atoms with Crippen LogP contribution in [0.25, 0.3) is 5.57 Å². The largest absolute Gasteiger partial charge is 0.293 e. The molecule has 2 aromatic rings. The van der Waals surface area contributed by atoms with E-state index in [1.807, 2.05) is 0 Å². The average Bonchev–Trinajstić information content (AvgIpc) is 2.69. The number of Topliss-reactive ketones (excluding diaryl/α,β-unsaturated/α-hetero) is 2. The predicted molar refractivity (Wildman–Crippen MR) is 91.1 cm³/mol. The number of rotatable bonds is 3. The third-order valence-electron chi connectivity index (χ3n) is 4.12. The highest BCUT2D eigenvalue weighted by molar-refractivity contribution is 6.34. The molecule has 0 radical (unpaired) electrons. The Labute approximate surface area is 143 Å². The van der Waals surface area contributed by atoms with Crippen molar-refractivity contribution in [2.24, 2.45) is 5.41 Å². The summed E-state index contributed by atoms with van der Waals surface area (Å²) in [4.78, 5) is 29.7. The van der Waals surface area contributed by atoms with Gasteiger partial charge in [-0.1, -0.05) is 35.8 Å². The van der Waals surface area contributed by atoms with Gasteiger partial charge in [-0.05, 0) is 49.2 Å². The van der Waals surface area contributed by atoms with E-state index in [0.717, 1.165) is 0 Å². The van der Waals surface area contributed by atoms with Crippen molar-refractivity contribution in [1.82, 2.24) is 4.98 Å². The van der Waals surface area contributed by atoms with Crippen molar-refractivity contribution in [2.45, 2.75) is 13.3 Å². The molecule has 1 aliphatic rings. The first-order valence-corrected chi connectivity index (χ1v) is 7.78. The van der Waals surface area contributed by atoms with Crippen LogP contribution >= 0.6 is 23.2 Å². The maximum Gasteiger partial charge on any atom is 0.177 e. The highest BCUT2D eigenvalue weighted by Crippen LogP contribution is 2.43. The smallest absolute Gasteiger partial charge is 0.177 e. The van der Waals surface area contributed by atoms with Gasteiger partial charge in [0.2, 0.25) is 0 Å². The Morgan fingerprint density at radius 2 is 1.83 bits per heavy atom. The molecule has 0 fully saturated rings. The molecule has 1 heterocycles. The van der Waals surface area contributed by atoms with Gasteiger partial charge in [0.05, 0.1) is 11.1 Å². The van der Waals surface area contributed by atoms with E-state index in [9.17, 15) is 9.59 Å². The number of carbonyl (C=O) groups excluding carboxylic acids is 2. The minimum Gasteiger partial charge on any atom is -0.293 e. The molecule has 23 heavy (non-hydrogen) atoms. The summed E-state index contributed by atoms with van der Waals surface area (Å²) in [7, 11) is 0. The molecule has 1 atom stereocenters. The van der Waals surface area contributed by atoms with E-state index in [-0.39, 0.29) is 18.0 Å². The van der Waals surface area contributed by atoms with Gasteiger partial charge in [-0.2, -0.15) is 0 Å². The van der Waals surface area contributed by atoms with Gasteiger partial charge in [0, 0.05) is 16.1 Å². The number of pyridine rings is 1. The summed E-state index contributed by atoms with van der Waals surface area (Å²) < 4.78 is 0. The zero-order valence-electron chi connectivity index (χ0n) is 12.4. The number of hydrogen-bond donors (Lipinski definition) is 0. The molecule has 0 saturated heterocycles. The molecule has 5 heteroatoms. The van der Waals surface area contributed by atoms with Gasteiger partial charge >= 0.3 is 0 Å². The molecule has 0 aliphatic heterocycles. The molecule has 0 bridgehead atoms. The summed E-state index contributed by atoms with van der Waals surface area (Å²) in [5, 5.41) is 0.775. The standard InChI is InChI=1S/C18H13Cl2NO2/c1-10(14-4-3-5-15(20)21-14)9-18(2)16(22)12-7-6-11(19)8-13(12)17(18)23/h3-8H,1,9H2,2H3. The van der Waals surface area contributed by atoms with Gasteiger partial charge in [-0.25, -0.2) is 4.98 Å². The van der Waals surface area contributed by atoms with Crippen LogP contribution in [0.3, 0.4) is 0 Å². The Morgan fingerprint density at radius 1 is 1.13 bits per heavy atom. The van der Waals surface area contributed by atoms with Crippen LogP contribution in [0.5, 0.6) is 0 Å². The minimum absolute atomic E-state index is 0.185. The fourth-order valence-corrected chi connectivity index (χ4v) is 3.22. The second kappa shape index (κ2) is 5.59. The lowest BCUT2D eigenvalue weighted by molar-refractivity contribution is 0.0728. The third kappa shape index (κ3) is 2.60. The van der Waals surface area contributed by atoms with E-state index in [4.69, 9.17) is 23.2 Å². The molecule has 0 N–H and O–H groups in total. The lowest BCUT2D eigenvalue weighted by Gasteiger charge is -2.21. The van der Waals surface area contributed by atoms with Crippen molar-refractivity contribution in [3.8, 4) is 0 Å². The lowest BCUT2D eigenvalue weighted by Crippen LogP contribution is -2.30. The molecule has 1 aromatic heterocycles. The molecule has 1 aliphatic carbocycles. The Balaban J connectivity index is 1.96. The van der Waals surface area contributed by atoms with E-state index >= 15 is 0 Å². The first-order chi connectivity index (χ1) is 10.8. The van der Waals surface area contributed by atoms with E-state index < -0.39 is 5.41 Å². The summed E-state index contributed by atoms with van der Waals surface area (Å²) in [5.74, 6) is -0.444. The Morgan fingerprint density at radius 3 is 2.52 bits per heavy atom. The Hall–Kier alpha value is -1.97. The van der Waals surface area contributed by atoms with Crippen LogP contribution in [-0.2, 0) is 0 Å². The monoisotopic (exact) mass is 345 g/mol. The van der Waals surface area contributed by atoms with Gasteiger partial charge in [0.25, 0.3) is 0 Å². The number of benzene rings is 1. The lowest BCUT2D eigenvalue weighted by atomic mass is 9.78. The van der Waals surface area contributed by atoms with Gasteiger partial charge in [-0.15, -0.1) is 0 Å². The summed E-state index contributed by atoms with van der Waals surface area (Å²) in [6, 6.07) is 9.93. The van der Waals surface area contributed by atoms with Crippen molar-refractivity contribution in [3.63, 3.8) is 0 Å². The number of hydrogen-bond acceptors (Lipinski definition) is 3. The molecule has 0 amide bonds. The summed E-state index contributed by atoms with van der Waals surface area (Å²) in [6.45, 7) is 5.61. The number of allylic oxidation sites excluding steroid dienone is 1. The number of nitrogens with zero attached hydrogens (tertiary/aromatic N) is 1. The maximum atomic E-state index is 12.7. The minimum atomic E-state index is -1.19. The number of halogens is 2. The third-order valence-corrected chi connectivity index (χ3v) is 4.56. The average molecular weight is 346 g/mol. The summed E-state index contributed by atoms with van der Waals surface area (Å²) >= 11 is 11.8. The second-order valence-electron chi connectivity index (χ2n) is 5.81. The molecule has 3 rings (SSSR count). The molecular weight excluding hydrogens is 333 g/mol. The van der Waals surface area contributed by atoms with Crippen molar-refractivity contribution in [2.75, 3.05) is 0 Å². The number of fused-ring (bicyclic) bond motifs is 1. The molecule has 1 aromatic carbocycles. The number of carbonyl (C=O) groups is 2. The fourth-order valence-electron chi connectivity index (χ4n) is 2.88. The molecule has 0 saturated carbocycles. The van der Waals surface area contributed by atoms with E-state index in [0.29, 0.717) is 32.6 Å². The second-order valence-corrected chi connectivity index (χ2v) is 6.63. The Kier molecular flexibility index (Phi) is 3.86. The van der Waals surface area contributed by atoms with Crippen LogP contribution in [0.1, 0.15) is 39.8 Å². The van der Waals surface area contributed by atoms with E-state index in [1.54, 1.807) is 43.3 Å². The summed E-state index contributed by atoms with van der Waals surface area (Å²) in [5.41, 5.74) is 0.767. The number of aromatic nitrogens is 1. The zero-order valence-corrected chi connectivity index (χ0v) is 13.9. The molecule has 3 nitrogen and oxygen atoms in total. The van der Waals surface area contributed by atoms with Crippen molar-refractivity contribution < 1.29 is 9.59 Å². The first-order valence-electron chi connectivity index (χ1n) is 7.03. The quantitative estimate of drug-likeness (QED) is 0.588. The van der Waals surface area contributed by atoms with Crippen molar-refractivity contribution in [3.05, 3.63) is 70.0 Å². The van der Waals surface area contributed by atoms with Crippen LogP contribution in [0.15, 0.2) is 43.0 Å². The topological polar surface area (TPSA) is 47.0 Å². The first kappa shape index (κ1) is 15.9. The van der Waals surface area contributed by atoms with E-state index in [2.05, 4.69) is 11.6 Å². The SMILES string of the molecule is C=C(CC1(C)C(=O)c2ccc(Cl)cc2C1=O)c1cccc(Cl)n1. The van der Waals surface area contributed by atoms with Crippen LogP contribution in [-0.4, -0.2) is 16.6 Å². The zero-order chi connectivity index (χ0) is 16.8. The van der Waals surface area contributed by atoms with Crippen LogP contribution in [0, 0.1) is 5.41 Å². The van der Waals surface area contributed by atoms with Crippen molar-refractivity contribution >= 4 is 40.3 Å². The molecule has 0 spiro atoms. The molecule has 116 valence electrons. The van der Waals surface area contributed by atoms with Crippen molar-refractivity contribution in [1.29, 1.82) is 0 Å². The van der Waals surface area contributed by atoms with Crippen LogP contribution in [0.4, 0.5) is 0 Å². The van der Waals surface area contributed by atoms with Crippen LogP contribution in [0.2, 0.25) is 10.2 Å².